The highest BCUT2D eigenvalue weighted by atomic mass is 16.3. The van der Waals surface area contributed by atoms with E-state index < -0.39 is 0 Å². The summed E-state index contributed by atoms with van der Waals surface area (Å²) in [5, 5.41) is 11.8. The summed E-state index contributed by atoms with van der Waals surface area (Å²) in [5.41, 5.74) is 10.8. The minimum absolute atomic E-state index is 0.905. The first-order valence-electron chi connectivity index (χ1n) is 17.1. The number of hydrogen-bond donors (Lipinski definition) is 0. The van der Waals surface area contributed by atoms with E-state index in [1.54, 1.807) is 0 Å². The van der Waals surface area contributed by atoms with Crippen LogP contribution in [0.1, 0.15) is 0 Å². The molecule has 11 aromatic rings. The molecule has 11 rings (SSSR count). The maximum Gasteiger partial charge on any atom is 0.143 e. The standard InChI is InChI=1S/C48H28O2/c1-2-15-33-31(12-1)28-41-35-17-8-10-23-43(35)50-48(41)47(33)46-38-20-5-3-18-36(38)45(37-19-4-6-21-39(37)46)32-14-11-13-29(26-32)30-24-25-44-40(27-30)34-16-7-9-22-42(34)49-44/h1-28H. The van der Waals surface area contributed by atoms with Crippen LogP contribution >= 0.6 is 0 Å². The van der Waals surface area contributed by atoms with Crippen LogP contribution in [0, 0.1) is 0 Å². The molecular weight excluding hydrogens is 609 g/mol. The summed E-state index contributed by atoms with van der Waals surface area (Å²) < 4.78 is 12.9. The van der Waals surface area contributed by atoms with E-state index in [9.17, 15) is 0 Å². The van der Waals surface area contributed by atoms with E-state index in [1.807, 2.05) is 18.2 Å². The summed E-state index contributed by atoms with van der Waals surface area (Å²) in [4.78, 5) is 0. The van der Waals surface area contributed by atoms with E-state index in [2.05, 4.69) is 152 Å². The van der Waals surface area contributed by atoms with Gasteiger partial charge in [-0.3, -0.25) is 0 Å². The van der Waals surface area contributed by atoms with Gasteiger partial charge in [0.05, 0.1) is 0 Å². The zero-order valence-corrected chi connectivity index (χ0v) is 27.0. The second-order valence-corrected chi connectivity index (χ2v) is 13.2. The lowest BCUT2D eigenvalue weighted by molar-refractivity contribution is 0.669. The van der Waals surface area contributed by atoms with Crippen LogP contribution < -0.4 is 0 Å². The van der Waals surface area contributed by atoms with Crippen molar-refractivity contribution in [1.29, 1.82) is 0 Å². The minimum atomic E-state index is 0.905. The first kappa shape index (κ1) is 27.3. The highest BCUT2D eigenvalue weighted by Crippen LogP contribution is 2.49. The third-order valence-corrected chi connectivity index (χ3v) is 10.4. The Morgan fingerprint density at radius 3 is 1.50 bits per heavy atom. The molecule has 0 atom stereocenters. The van der Waals surface area contributed by atoms with Gasteiger partial charge in [-0.05, 0) is 91.0 Å². The SMILES string of the molecule is c1cc(-c2ccc3oc4ccccc4c3c2)cc(-c2c3ccccc3c(-c3c4ccccc4cc4c3oc3ccccc34)c3ccccc23)c1. The number of furan rings is 2. The Labute approximate surface area is 287 Å². The van der Waals surface area contributed by atoms with Gasteiger partial charge in [0.15, 0.2) is 0 Å². The second kappa shape index (κ2) is 10.4. The lowest BCUT2D eigenvalue weighted by Crippen LogP contribution is -1.92. The monoisotopic (exact) mass is 636 g/mol. The normalized spacial score (nSPS) is 12.0. The number of hydrogen-bond acceptors (Lipinski definition) is 2. The van der Waals surface area contributed by atoms with Crippen LogP contribution in [0.5, 0.6) is 0 Å². The Morgan fingerprint density at radius 1 is 0.260 bits per heavy atom. The van der Waals surface area contributed by atoms with Crippen LogP contribution in [-0.2, 0) is 0 Å². The lowest BCUT2D eigenvalue weighted by atomic mass is 9.83. The molecule has 0 amide bonds. The molecule has 0 bridgehead atoms. The van der Waals surface area contributed by atoms with E-state index >= 15 is 0 Å². The van der Waals surface area contributed by atoms with E-state index in [-0.39, 0.29) is 0 Å². The molecule has 0 saturated heterocycles. The molecule has 2 heterocycles. The first-order valence-corrected chi connectivity index (χ1v) is 17.1. The fourth-order valence-electron chi connectivity index (χ4n) is 8.24. The summed E-state index contributed by atoms with van der Waals surface area (Å²) in [6.45, 7) is 0. The predicted octanol–water partition coefficient (Wildman–Crippen LogP) is 13.9. The molecule has 0 spiro atoms. The third kappa shape index (κ3) is 3.90. The minimum Gasteiger partial charge on any atom is -0.456 e. The van der Waals surface area contributed by atoms with Crippen LogP contribution in [0.2, 0.25) is 0 Å². The molecule has 0 radical (unpaired) electrons. The third-order valence-electron chi connectivity index (χ3n) is 10.4. The van der Waals surface area contributed by atoms with Crippen molar-refractivity contribution in [1.82, 2.24) is 0 Å². The highest BCUT2D eigenvalue weighted by Gasteiger charge is 2.22. The Kier molecular flexibility index (Phi) is 5.70. The Morgan fingerprint density at radius 2 is 0.780 bits per heavy atom. The van der Waals surface area contributed by atoms with Gasteiger partial charge in [0, 0.05) is 32.7 Å². The van der Waals surface area contributed by atoms with Crippen molar-refractivity contribution in [3.8, 4) is 33.4 Å². The molecule has 0 saturated carbocycles. The maximum absolute atomic E-state index is 6.77. The molecule has 2 aromatic heterocycles. The van der Waals surface area contributed by atoms with Gasteiger partial charge in [-0.1, -0.05) is 133 Å². The van der Waals surface area contributed by atoms with Crippen molar-refractivity contribution in [2.75, 3.05) is 0 Å². The number of benzene rings is 9. The van der Waals surface area contributed by atoms with Gasteiger partial charge in [0.25, 0.3) is 0 Å². The van der Waals surface area contributed by atoms with Crippen molar-refractivity contribution in [3.63, 3.8) is 0 Å². The fourth-order valence-corrected chi connectivity index (χ4v) is 8.24. The van der Waals surface area contributed by atoms with Crippen LogP contribution in [0.4, 0.5) is 0 Å². The van der Waals surface area contributed by atoms with Gasteiger partial charge in [0.2, 0.25) is 0 Å². The van der Waals surface area contributed by atoms with Crippen LogP contribution in [0.3, 0.4) is 0 Å². The molecule has 0 aliphatic rings. The van der Waals surface area contributed by atoms with Gasteiger partial charge in [-0.15, -0.1) is 0 Å². The summed E-state index contributed by atoms with van der Waals surface area (Å²) in [6, 6.07) is 60.9. The van der Waals surface area contributed by atoms with E-state index in [0.29, 0.717) is 0 Å². The molecule has 2 nitrogen and oxygen atoms in total. The molecule has 0 aliphatic carbocycles. The van der Waals surface area contributed by atoms with Gasteiger partial charge < -0.3 is 8.83 Å². The van der Waals surface area contributed by atoms with Crippen LogP contribution in [0.25, 0.3) is 110 Å². The molecule has 50 heavy (non-hydrogen) atoms. The summed E-state index contributed by atoms with van der Waals surface area (Å²) in [6.07, 6.45) is 0. The topological polar surface area (TPSA) is 26.3 Å². The molecule has 9 aromatic carbocycles. The van der Waals surface area contributed by atoms with Crippen molar-refractivity contribution in [2.24, 2.45) is 0 Å². The summed E-state index contributed by atoms with van der Waals surface area (Å²) >= 11 is 0. The van der Waals surface area contributed by atoms with E-state index in [0.717, 1.165) is 49.4 Å². The van der Waals surface area contributed by atoms with Gasteiger partial charge in [-0.25, -0.2) is 0 Å². The van der Waals surface area contributed by atoms with Crippen molar-refractivity contribution in [3.05, 3.63) is 170 Å². The molecule has 0 N–H and O–H groups in total. The van der Waals surface area contributed by atoms with Gasteiger partial charge in [-0.2, -0.15) is 0 Å². The largest absolute Gasteiger partial charge is 0.456 e. The molecule has 0 aliphatic heterocycles. The highest BCUT2D eigenvalue weighted by molar-refractivity contribution is 6.28. The fraction of sp³-hybridized carbons (Fsp3) is 0. The van der Waals surface area contributed by atoms with Crippen molar-refractivity contribution in [2.45, 2.75) is 0 Å². The molecule has 2 heteroatoms. The van der Waals surface area contributed by atoms with Crippen LogP contribution in [-0.4, -0.2) is 0 Å². The average Bonchev–Trinajstić information content (AvgIpc) is 3.74. The lowest BCUT2D eigenvalue weighted by Gasteiger charge is -2.19. The Bertz CT molecular complexity index is 3100. The predicted molar refractivity (Wildman–Crippen MR) is 210 cm³/mol. The van der Waals surface area contributed by atoms with Gasteiger partial charge >= 0.3 is 0 Å². The van der Waals surface area contributed by atoms with E-state index in [4.69, 9.17) is 8.83 Å². The second-order valence-electron chi connectivity index (χ2n) is 13.2. The van der Waals surface area contributed by atoms with Crippen molar-refractivity contribution >= 4 is 76.2 Å². The summed E-state index contributed by atoms with van der Waals surface area (Å²) in [7, 11) is 0. The Balaban J connectivity index is 1.21. The zero-order valence-electron chi connectivity index (χ0n) is 27.0. The van der Waals surface area contributed by atoms with Crippen LogP contribution in [0.15, 0.2) is 179 Å². The first-order chi connectivity index (χ1) is 24.8. The number of para-hydroxylation sites is 2. The maximum atomic E-state index is 6.77. The molecular formula is C48H28O2. The molecule has 0 fully saturated rings. The van der Waals surface area contributed by atoms with E-state index in [1.165, 1.54) is 60.1 Å². The smallest absolute Gasteiger partial charge is 0.143 e. The number of rotatable bonds is 3. The Hall–Kier alpha value is -6.64. The zero-order chi connectivity index (χ0) is 32.8. The molecule has 232 valence electrons. The quantitative estimate of drug-likeness (QED) is 0.180. The molecule has 0 unspecified atom stereocenters. The average molecular weight is 637 g/mol. The summed E-state index contributed by atoms with van der Waals surface area (Å²) in [5.74, 6) is 0. The number of fused-ring (bicyclic) bond motifs is 9. The van der Waals surface area contributed by atoms with Crippen molar-refractivity contribution < 1.29 is 8.83 Å². The van der Waals surface area contributed by atoms with Gasteiger partial charge in [0.1, 0.15) is 22.3 Å².